The van der Waals surface area contributed by atoms with Crippen molar-refractivity contribution in [2.45, 2.75) is 78.7 Å². The summed E-state index contributed by atoms with van der Waals surface area (Å²) >= 11 is 0. The van der Waals surface area contributed by atoms with E-state index in [1.54, 1.807) is 17.7 Å². The minimum absolute atomic E-state index is 0.0463. The molecule has 31 heavy (non-hydrogen) atoms. The zero-order chi connectivity index (χ0) is 22.1. The van der Waals surface area contributed by atoms with Gasteiger partial charge in [-0.3, -0.25) is 0 Å². The molecule has 0 spiro atoms. The summed E-state index contributed by atoms with van der Waals surface area (Å²) in [6.07, 6.45) is 16.7. The average Bonchev–Trinajstić information content (AvgIpc) is 3.00. The summed E-state index contributed by atoms with van der Waals surface area (Å²) in [6.45, 7) is 11.8. The first kappa shape index (κ1) is 22.3. The second-order valence-corrected chi connectivity index (χ2v) is 11.1. The molecule has 2 saturated carbocycles. The van der Waals surface area contributed by atoms with Crippen LogP contribution in [0.15, 0.2) is 53.7 Å². The van der Waals surface area contributed by atoms with E-state index in [1.807, 2.05) is 0 Å². The molecule has 1 aromatic carbocycles. The smallest absolute Gasteiger partial charge is 0.142 e. The van der Waals surface area contributed by atoms with Crippen molar-refractivity contribution in [2.75, 3.05) is 0 Å². The van der Waals surface area contributed by atoms with Crippen LogP contribution in [0.3, 0.4) is 0 Å². The van der Waals surface area contributed by atoms with Crippen LogP contribution in [0.1, 0.15) is 77.7 Å². The van der Waals surface area contributed by atoms with Gasteiger partial charge in [-0.25, -0.2) is 4.39 Å². The van der Waals surface area contributed by atoms with Crippen molar-refractivity contribution in [3.8, 4) is 0 Å². The molecule has 168 valence electrons. The molecular formula is C28H38FNO. The standard InChI is InChI=1S/C28H38FNO/c1-5-26(2)16-13-23-17-22(18-26)9-12-25-27(3,14-6-15-28(23,25)4)20-30-31-19-21-7-10-24(29)11-8-21/h5,7-8,10-11,13,20,22,25H,1,6,9,12,14-19H2,2-4H3/b30-20+/t22?,25?,26-,27-,28-/m0/s1. The Morgan fingerprint density at radius 3 is 2.68 bits per heavy atom. The number of benzene rings is 1. The molecule has 2 fully saturated rings. The van der Waals surface area contributed by atoms with Crippen molar-refractivity contribution in [3.63, 3.8) is 0 Å². The van der Waals surface area contributed by atoms with Crippen molar-refractivity contribution < 1.29 is 9.23 Å². The zero-order valence-electron chi connectivity index (χ0n) is 19.5. The molecule has 3 aliphatic rings. The van der Waals surface area contributed by atoms with Crippen LogP contribution in [0.5, 0.6) is 0 Å². The highest BCUT2D eigenvalue weighted by molar-refractivity contribution is 5.66. The maximum atomic E-state index is 13.1. The Morgan fingerprint density at radius 1 is 1.16 bits per heavy atom. The molecule has 0 aliphatic heterocycles. The molecule has 0 N–H and O–H groups in total. The van der Waals surface area contributed by atoms with Crippen molar-refractivity contribution in [1.29, 1.82) is 0 Å². The lowest BCUT2D eigenvalue weighted by Crippen LogP contribution is -2.45. The largest absolute Gasteiger partial charge is 0.391 e. The Labute approximate surface area is 187 Å². The molecule has 1 aromatic rings. The fourth-order valence-electron chi connectivity index (χ4n) is 6.76. The van der Waals surface area contributed by atoms with E-state index in [0.29, 0.717) is 12.5 Å². The Kier molecular flexibility index (Phi) is 6.16. The lowest BCUT2D eigenvalue weighted by Gasteiger charge is -2.51. The van der Waals surface area contributed by atoms with Crippen molar-refractivity contribution in [1.82, 2.24) is 0 Å². The quantitative estimate of drug-likeness (QED) is 0.268. The first-order valence-corrected chi connectivity index (χ1v) is 12.0. The summed E-state index contributed by atoms with van der Waals surface area (Å²) in [5, 5.41) is 4.43. The highest BCUT2D eigenvalue weighted by Gasteiger charge is 2.52. The Hall–Kier alpha value is -1.90. The maximum Gasteiger partial charge on any atom is 0.142 e. The van der Waals surface area contributed by atoms with E-state index < -0.39 is 0 Å². The van der Waals surface area contributed by atoms with E-state index in [-0.39, 0.29) is 22.1 Å². The third-order valence-corrected chi connectivity index (χ3v) is 8.71. The molecular weight excluding hydrogens is 385 g/mol. The van der Waals surface area contributed by atoms with E-state index >= 15 is 0 Å². The average molecular weight is 424 g/mol. The normalized spacial score (nSPS) is 38.0. The van der Waals surface area contributed by atoms with Gasteiger partial charge in [-0.1, -0.05) is 62.2 Å². The zero-order valence-corrected chi connectivity index (χ0v) is 19.5. The van der Waals surface area contributed by atoms with Gasteiger partial charge >= 0.3 is 0 Å². The molecule has 2 bridgehead atoms. The Bertz CT molecular complexity index is 858. The van der Waals surface area contributed by atoms with E-state index in [0.717, 1.165) is 17.9 Å². The molecule has 0 heterocycles. The predicted octanol–water partition coefficient (Wildman–Crippen LogP) is 7.85. The molecule has 3 heteroatoms. The van der Waals surface area contributed by atoms with Gasteiger partial charge in [-0.15, -0.1) is 6.58 Å². The van der Waals surface area contributed by atoms with Crippen LogP contribution < -0.4 is 0 Å². The minimum Gasteiger partial charge on any atom is -0.391 e. The second kappa shape index (κ2) is 8.56. The van der Waals surface area contributed by atoms with Crippen molar-refractivity contribution >= 4 is 6.21 Å². The van der Waals surface area contributed by atoms with Crippen molar-refractivity contribution in [2.24, 2.45) is 33.2 Å². The maximum absolute atomic E-state index is 13.1. The molecule has 0 aromatic heterocycles. The van der Waals surface area contributed by atoms with Gasteiger partial charge in [0.25, 0.3) is 0 Å². The van der Waals surface area contributed by atoms with Crippen LogP contribution in [0.25, 0.3) is 0 Å². The molecule has 0 amide bonds. The number of oxime groups is 1. The lowest BCUT2D eigenvalue weighted by atomic mass is 9.53. The van der Waals surface area contributed by atoms with Crippen LogP contribution >= 0.6 is 0 Å². The number of hydrogen-bond acceptors (Lipinski definition) is 2. The fourth-order valence-corrected chi connectivity index (χ4v) is 6.76. The summed E-state index contributed by atoms with van der Waals surface area (Å²) in [6, 6.07) is 6.44. The van der Waals surface area contributed by atoms with E-state index in [4.69, 9.17) is 4.84 Å². The molecule has 2 unspecified atom stereocenters. The van der Waals surface area contributed by atoms with Gasteiger partial charge in [0.05, 0.1) is 0 Å². The molecule has 0 saturated heterocycles. The van der Waals surface area contributed by atoms with Crippen molar-refractivity contribution in [3.05, 3.63) is 60.0 Å². The van der Waals surface area contributed by atoms with Gasteiger partial charge in [0.15, 0.2) is 0 Å². The van der Waals surface area contributed by atoms with Gasteiger partial charge in [0.1, 0.15) is 12.4 Å². The number of allylic oxidation sites excluding steroid dienone is 3. The first-order valence-electron chi connectivity index (χ1n) is 12.0. The monoisotopic (exact) mass is 423 g/mol. The number of hydrogen-bond donors (Lipinski definition) is 0. The Balaban J connectivity index is 1.52. The Morgan fingerprint density at radius 2 is 1.94 bits per heavy atom. The first-order chi connectivity index (χ1) is 14.8. The third kappa shape index (κ3) is 4.52. The highest BCUT2D eigenvalue weighted by Crippen LogP contribution is 2.60. The predicted molar refractivity (Wildman–Crippen MR) is 126 cm³/mol. The van der Waals surface area contributed by atoms with Gasteiger partial charge in [-0.2, -0.15) is 0 Å². The lowest BCUT2D eigenvalue weighted by molar-refractivity contribution is 0.0543. The van der Waals surface area contributed by atoms with Crippen LogP contribution in [0.2, 0.25) is 0 Å². The molecule has 4 rings (SSSR count). The molecule has 3 aliphatic carbocycles. The topological polar surface area (TPSA) is 21.6 Å². The van der Waals surface area contributed by atoms with Crippen LogP contribution in [0.4, 0.5) is 4.39 Å². The number of rotatable bonds is 5. The van der Waals surface area contributed by atoms with E-state index in [2.05, 4.69) is 50.9 Å². The summed E-state index contributed by atoms with van der Waals surface area (Å²) in [4.78, 5) is 5.64. The SMILES string of the molecule is C=C[C@@]1(C)CC=C2CC(CCC3[C@@]2(C)CCC[C@@]3(C)/C=N/OCc2ccc(F)cc2)C1. The summed E-state index contributed by atoms with van der Waals surface area (Å²) < 4.78 is 13.1. The third-order valence-electron chi connectivity index (χ3n) is 8.71. The van der Waals surface area contributed by atoms with Crippen LogP contribution in [-0.2, 0) is 11.4 Å². The van der Waals surface area contributed by atoms with E-state index in [9.17, 15) is 4.39 Å². The van der Waals surface area contributed by atoms with Crippen LogP contribution in [-0.4, -0.2) is 6.21 Å². The molecule has 2 nitrogen and oxygen atoms in total. The number of fused-ring (bicyclic) bond motifs is 4. The van der Waals surface area contributed by atoms with Crippen LogP contribution in [0, 0.1) is 33.9 Å². The number of nitrogens with zero attached hydrogens (tertiary/aromatic N) is 1. The second-order valence-electron chi connectivity index (χ2n) is 11.1. The molecule has 5 atom stereocenters. The van der Waals surface area contributed by atoms with Gasteiger partial charge in [0, 0.05) is 11.6 Å². The molecule has 0 radical (unpaired) electrons. The summed E-state index contributed by atoms with van der Waals surface area (Å²) in [5.41, 5.74) is 3.16. The van der Waals surface area contributed by atoms with E-state index in [1.165, 1.54) is 57.1 Å². The van der Waals surface area contributed by atoms with Gasteiger partial charge < -0.3 is 4.84 Å². The summed E-state index contributed by atoms with van der Waals surface area (Å²) in [5.74, 6) is 1.13. The fraction of sp³-hybridized carbons (Fsp3) is 0.607. The minimum atomic E-state index is -0.224. The highest BCUT2D eigenvalue weighted by atomic mass is 19.1. The van der Waals surface area contributed by atoms with Gasteiger partial charge in [-0.05, 0) is 85.3 Å². The summed E-state index contributed by atoms with van der Waals surface area (Å²) in [7, 11) is 0. The number of halogens is 1. The van der Waals surface area contributed by atoms with Gasteiger partial charge in [0.2, 0.25) is 0 Å².